The van der Waals surface area contributed by atoms with Crippen molar-refractivity contribution in [3.05, 3.63) is 47.1 Å². The van der Waals surface area contributed by atoms with Gasteiger partial charge in [-0.2, -0.15) is 0 Å². The number of rotatable bonds is 11. The monoisotopic (exact) mass is 1050 g/mol. The van der Waals surface area contributed by atoms with Crippen LogP contribution in [0.4, 0.5) is 0 Å². The lowest BCUT2D eigenvalue weighted by molar-refractivity contribution is -0.353. The minimum absolute atomic E-state index is 0.0130. The van der Waals surface area contributed by atoms with Crippen LogP contribution in [0.1, 0.15) is 100 Å². The third-order valence-corrected chi connectivity index (χ3v) is 17.1. The van der Waals surface area contributed by atoms with E-state index in [0.29, 0.717) is 36.8 Å². The lowest BCUT2D eigenvalue weighted by Gasteiger charge is -2.51. The third kappa shape index (κ3) is 11.8. The molecule has 26 atom stereocenters. The van der Waals surface area contributed by atoms with Crippen LogP contribution < -0.4 is 0 Å². The van der Waals surface area contributed by atoms with E-state index in [4.69, 9.17) is 56.8 Å². The minimum Gasteiger partial charge on any atom is -0.462 e. The van der Waals surface area contributed by atoms with E-state index in [0.717, 1.165) is 12.0 Å². The maximum Gasteiger partial charge on any atom is 0.316 e. The number of hydrogen-bond donors (Lipinski definition) is 7. The summed E-state index contributed by atoms with van der Waals surface area (Å²) >= 11 is 0. The number of methoxy groups -OCH3 is 2. The Balaban J connectivity index is 1.01. The molecule has 6 saturated heterocycles. The van der Waals surface area contributed by atoms with Crippen molar-refractivity contribution in [2.45, 2.75) is 234 Å². The summed E-state index contributed by atoms with van der Waals surface area (Å²) in [5.41, 5.74) is -0.0612. The van der Waals surface area contributed by atoms with E-state index in [2.05, 4.69) is 13.0 Å². The highest BCUT2D eigenvalue weighted by Gasteiger charge is 2.60. The van der Waals surface area contributed by atoms with E-state index >= 15 is 0 Å². The number of aliphatic hydroxyl groups is 7. The van der Waals surface area contributed by atoms with E-state index in [1.54, 1.807) is 40.0 Å². The molecule has 7 aliphatic heterocycles. The Hall–Kier alpha value is -2.29. The SMILES string of the molecule is CO[C@H]1C[C@H](O[C@@H]2/C(C)=C/C[C@@H]3C[C@@H](C[C@]4(CC[C@H](C)[C@@H](C(C)C(C)O)O4)O3)OC(=O)[C@@H]3C=C(C)[C@@H](O)[C@H]4OC/C(=C\C=C\[C@@H]2C)[C@]43O)O[C@@H](C)[C@@H]1O[C@H]1C[C@H](OC)[C@@H](O[C@H]2O[C@H](CO)[C@@H](O)[C@H](O)[C@H]2O)[C@H](C)O1. The van der Waals surface area contributed by atoms with Gasteiger partial charge in [0.2, 0.25) is 0 Å². The summed E-state index contributed by atoms with van der Waals surface area (Å²) in [5, 5.41) is 75.6. The molecular formula is C54H84O20. The fourth-order valence-electron chi connectivity index (χ4n) is 12.5. The third-order valence-electron chi connectivity index (χ3n) is 17.1. The van der Waals surface area contributed by atoms with Gasteiger partial charge in [0.25, 0.3) is 0 Å². The molecule has 0 aromatic heterocycles. The smallest absolute Gasteiger partial charge is 0.316 e. The van der Waals surface area contributed by atoms with Crippen molar-refractivity contribution < 1.29 is 97.4 Å². The number of carbonyl (C=O) groups excluding carboxylic acids is 1. The molecule has 8 aliphatic rings. The summed E-state index contributed by atoms with van der Waals surface area (Å²) in [6, 6.07) is 0. The number of aliphatic hydroxyl groups excluding tert-OH is 6. The van der Waals surface area contributed by atoms with Crippen LogP contribution in [0.5, 0.6) is 0 Å². The van der Waals surface area contributed by atoms with Crippen LogP contribution in [0, 0.1) is 23.7 Å². The molecule has 2 bridgehead atoms. The van der Waals surface area contributed by atoms with Crippen LogP contribution in [-0.2, 0) is 61.6 Å². The molecule has 2 unspecified atom stereocenters. The van der Waals surface area contributed by atoms with Gasteiger partial charge in [-0.15, -0.1) is 0 Å². The summed E-state index contributed by atoms with van der Waals surface area (Å²) in [5.74, 6) is -3.19. The average Bonchev–Trinajstić information content (AvgIpc) is 3.71. The Kier molecular flexibility index (Phi) is 18.8. The van der Waals surface area contributed by atoms with Crippen molar-refractivity contribution in [3.63, 3.8) is 0 Å². The summed E-state index contributed by atoms with van der Waals surface area (Å²) in [7, 11) is 3.11. The Morgan fingerprint density at radius 1 is 0.824 bits per heavy atom. The molecule has 20 nitrogen and oxygen atoms in total. The van der Waals surface area contributed by atoms with E-state index in [9.17, 15) is 40.5 Å². The zero-order chi connectivity index (χ0) is 53.6. The van der Waals surface area contributed by atoms with Gasteiger partial charge < -0.3 is 92.6 Å². The lowest BCUT2D eigenvalue weighted by Crippen LogP contribution is -2.62. The molecule has 7 heterocycles. The van der Waals surface area contributed by atoms with E-state index in [1.165, 1.54) is 7.11 Å². The van der Waals surface area contributed by atoms with Crippen molar-refractivity contribution in [3.8, 4) is 0 Å². The first-order chi connectivity index (χ1) is 35.1. The highest BCUT2D eigenvalue weighted by atomic mass is 16.8. The van der Waals surface area contributed by atoms with E-state index in [-0.39, 0.29) is 43.3 Å². The van der Waals surface area contributed by atoms with Crippen LogP contribution in [0.3, 0.4) is 0 Å². The van der Waals surface area contributed by atoms with Gasteiger partial charge in [-0.25, -0.2) is 0 Å². The molecule has 74 heavy (non-hydrogen) atoms. The summed E-state index contributed by atoms with van der Waals surface area (Å²) < 4.78 is 76.4. The maximum absolute atomic E-state index is 14.5. The molecule has 0 aromatic rings. The fourth-order valence-corrected chi connectivity index (χ4v) is 12.5. The molecular weight excluding hydrogens is 969 g/mol. The number of fused-ring (bicyclic) bond motifs is 2. The topological polar surface area (TPSA) is 269 Å². The Morgan fingerprint density at radius 2 is 1.49 bits per heavy atom. The first kappa shape index (κ1) is 57.9. The van der Waals surface area contributed by atoms with Gasteiger partial charge in [0.1, 0.15) is 66.5 Å². The van der Waals surface area contributed by atoms with Crippen LogP contribution in [0.15, 0.2) is 47.1 Å². The van der Waals surface area contributed by atoms with Gasteiger partial charge in [0, 0.05) is 58.2 Å². The molecule has 1 spiro atoms. The quantitative estimate of drug-likeness (QED) is 0.116. The largest absolute Gasteiger partial charge is 0.462 e. The second kappa shape index (κ2) is 24.0. The molecule has 20 heteroatoms. The summed E-state index contributed by atoms with van der Waals surface area (Å²) in [4.78, 5) is 14.5. The summed E-state index contributed by atoms with van der Waals surface area (Å²) in [6.07, 6.45) is -5.22. The van der Waals surface area contributed by atoms with E-state index < -0.39 is 146 Å². The van der Waals surface area contributed by atoms with E-state index in [1.807, 2.05) is 39.8 Å². The molecule has 0 radical (unpaired) electrons. The zero-order valence-electron chi connectivity index (χ0n) is 44.5. The van der Waals surface area contributed by atoms with Crippen LogP contribution in [0.2, 0.25) is 0 Å². The number of allylic oxidation sites excluding steroid dienone is 2. The number of ether oxygens (including phenoxy) is 12. The normalized spacial score (nSPS) is 50.1. The van der Waals surface area contributed by atoms with Gasteiger partial charge in [0.05, 0.1) is 62.0 Å². The summed E-state index contributed by atoms with van der Waals surface area (Å²) in [6.45, 7) is 14.6. The standard InChI is InChI=1S/C54H84O20/c1-25-12-11-13-33-24-65-50-42(57)28(4)18-36(54(33,50)62)51(61)68-35-19-34(73-53(22-35)17-16-27(3)47(74-53)29(5)30(6)56)15-14-26(2)46(25)70-40-20-37(63-9)48(31(7)66-40)71-41-21-38(64-10)49(32(8)67-41)72-52-45(60)44(59)43(58)39(23-55)69-52/h11-14,18,25,27,29-32,34-50,52,55-60,62H,15-17,19-24H2,1-10H3/b12-11+,26-14+,33-13+/t25-,27-,29?,30?,31-,32-,34+,35-,36-,37-,38-,39+,40-,41-,42+,43+,44-,45+,46-,47-,48-,49-,50+,52+,53+,54+/m0/s1. The fraction of sp³-hybridized carbons (Fsp3) is 0.833. The van der Waals surface area contributed by atoms with Gasteiger partial charge in [-0.05, 0) is 70.1 Å². The molecule has 0 saturated carbocycles. The van der Waals surface area contributed by atoms with Gasteiger partial charge in [-0.3, -0.25) is 4.79 Å². The van der Waals surface area contributed by atoms with Gasteiger partial charge >= 0.3 is 5.97 Å². The highest BCUT2D eigenvalue weighted by Crippen LogP contribution is 2.48. The Bertz CT molecular complexity index is 2030. The van der Waals surface area contributed by atoms with Crippen molar-refractivity contribution in [1.82, 2.24) is 0 Å². The average molecular weight is 1050 g/mol. The van der Waals surface area contributed by atoms with Crippen molar-refractivity contribution in [2.24, 2.45) is 23.7 Å². The van der Waals surface area contributed by atoms with Gasteiger partial charge in [0.15, 0.2) is 24.7 Å². The second-order valence-corrected chi connectivity index (χ2v) is 22.4. The van der Waals surface area contributed by atoms with Crippen LogP contribution in [-0.4, -0.2) is 203 Å². The maximum atomic E-state index is 14.5. The first-order valence-corrected chi connectivity index (χ1v) is 26.7. The molecule has 420 valence electrons. The number of carbonyl (C=O) groups is 1. The second-order valence-electron chi connectivity index (χ2n) is 22.4. The Morgan fingerprint density at radius 3 is 2.14 bits per heavy atom. The van der Waals surface area contributed by atoms with Crippen molar-refractivity contribution in [1.29, 1.82) is 0 Å². The first-order valence-electron chi connectivity index (χ1n) is 26.7. The lowest BCUT2D eigenvalue weighted by atomic mass is 9.71. The molecule has 0 aromatic carbocycles. The molecule has 6 fully saturated rings. The van der Waals surface area contributed by atoms with Crippen LogP contribution in [0.25, 0.3) is 0 Å². The molecule has 1 aliphatic carbocycles. The number of esters is 1. The van der Waals surface area contributed by atoms with Crippen molar-refractivity contribution in [2.75, 3.05) is 27.4 Å². The molecule has 7 N–H and O–H groups in total. The van der Waals surface area contributed by atoms with Gasteiger partial charge in [-0.1, -0.05) is 51.2 Å². The predicted octanol–water partition coefficient (Wildman–Crippen LogP) is 2.40. The number of hydrogen-bond acceptors (Lipinski definition) is 20. The predicted molar refractivity (Wildman–Crippen MR) is 261 cm³/mol. The highest BCUT2D eigenvalue weighted by molar-refractivity contribution is 5.78. The van der Waals surface area contributed by atoms with Crippen molar-refractivity contribution >= 4 is 5.97 Å². The Labute approximate surface area is 434 Å². The zero-order valence-corrected chi connectivity index (χ0v) is 44.5. The minimum atomic E-state index is -1.89. The molecule has 8 rings (SSSR count). The van der Waals surface area contributed by atoms with Crippen LogP contribution >= 0.6 is 0 Å². The molecule has 0 amide bonds.